The van der Waals surface area contributed by atoms with E-state index in [9.17, 15) is 9.59 Å². The predicted octanol–water partition coefficient (Wildman–Crippen LogP) is 2.76. The first kappa shape index (κ1) is 24.7. The van der Waals surface area contributed by atoms with Gasteiger partial charge >= 0.3 is 0 Å². The molecule has 0 saturated carbocycles. The molecule has 0 aliphatic rings. The van der Waals surface area contributed by atoms with Crippen LogP contribution >= 0.6 is 24.8 Å². The Hall–Kier alpha value is -2.35. The number of nitrogens with one attached hydrogen (secondary N) is 2. The van der Waals surface area contributed by atoms with Crippen LogP contribution in [0.1, 0.15) is 13.8 Å². The van der Waals surface area contributed by atoms with E-state index in [0.717, 1.165) is 0 Å². The molecular weight excluding hydrogens is 391 g/mol. The summed E-state index contributed by atoms with van der Waals surface area (Å²) in [6.45, 7) is 3.54. The number of hydrogen-bond donors (Lipinski definition) is 3. The summed E-state index contributed by atoms with van der Waals surface area (Å²) < 4.78 is 5.61. The van der Waals surface area contributed by atoms with Gasteiger partial charge in [-0.2, -0.15) is 0 Å². The lowest BCUT2D eigenvalue weighted by Crippen LogP contribution is -2.46. The van der Waals surface area contributed by atoms with Crippen LogP contribution in [0, 0.1) is 5.92 Å². The minimum absolute atomic E-state index is 0. The Morgan fingerprint density at radius 3 is 2.52 bits per heavy atom. The van der Waals surface area contributed by atoms with E-state index < -0.39 is 6.04 Å². The average Bonchev–Trinajstić information content (AvgIpc) is 2.60. The fourth-order valence-corrected chi connectivity index (χ4v) is 1.96. The van der Waals surface area contributed by atoms with Gasteiger partial charge in [0.25, 0.3) is 0 Å². The average molecular weight is 415 g/mol. The van der Waals surface area contributed by atoms with Crippen LogP contribution in [0.25, 0.3) is 0 Å². The molecule has 4 N–H and O–H groups in total. The van der Waals surface area contributed by atoms with Crippen molar-refractivity contribution >= 4 is 42.3 Å². The third-order valence-electron chi connectivity index (χ3n) is 3.42. The van der Waals surface area contributed by atoms with Gasteiger partial charge in [0.2, 0.25) is 17.7 Å². The van der Waals surface area contributed by atoms with Crippen molar-refractivity contribution in [2.24, 2.45) is 11.7 Å². The topological polar surface area (TPSA) is 106 Å². The molecule has 27 heavy (non-hydrogen) atoms. The van der Waals surface area contributed by atoms with Gasteiger partial charge in [-0.25, -0.2) is 4.98 Å². The predicted molar refractivity (Wildman–Crippen MR) is 110 cm³/mol. The van der Waals surface area contributed by atoms with E-state index in [1.807, 2.05) is 19.9 Å². The Balaban J connectivity index is 0.00000338. The first-order valence-electron chi connectivity index (χ1n) is 7.98. The van der Waals surface area contributed by atoms with E-state index in [-0.39, 0.29) is 49.1 Å². The second-order valence-corrected chi connectivity index (χ2v) is 5.83. The van der Waals surface area contributed by atoms with Crippen LogP contribution < -0.4 is 21.1 Å². The fourth-order valence-electron chi connectivity index (χ4n) is 1.96. The molecular formula is C18H24Cl2N4O3. The Morgan fingerprint density at radius 2 is 1.89 bits per heavy atom. The number of rotatable bonds is 7. The number of benzene rings is 1. The standard InChI is InChI=1S/C18H22N4O3.2ClH/c1-12(2)17(19)18(24)21-11-15(23)22-13-6-5-7-14(10-13)25-16-8-3-4-9-20-16;;/h3-10,12,17H,11,19H2,1-2H3,(H,21,24)(H,22,23);2*1H/t17-;;/m0../s1. The number of anilines is 1. The number of carbonyl (C=O) groups excluding carboxylic acids is 2. The molecule has 148 valence electrons. The zero-order valence-corrected chi connectivity index (χ0v) is 16.7. The molecule has 2 amide bonds. The smallest absolute Gasteiger partial charge is 0.243 e. The van der Waals surface area contributed by atoms with Gasteiger partial charge in [-0.15, -0.1) is 24.8 Å². The van der Waals surface area contributed by atoms with E-state index in [4.69, 9.17) is 10.5 Å². The van der Waals surface area contributed by atoms with Gasteiger partial charge < -0.3 is 21.1 Å². The van der Waals surface area contributed by atoms with Crippen molar-refractivity contribution in [2.45, 2.75) is 19.9 Å². The van der Waals surface area contributed by atoms with Crippen LogP contribution in [-0.2, 0) is 9.59 Å². The molecule has 2 rings (SSSR count). The van der Waals surface area contributed by atoms with Crippen molar-refractivity contribution in [2.75, 3.05) is 11.9 Å². The lowest BCUT2D eigenvalue weighted by molar-refractivity contribution is -0.125. The summed E-state index contributed by atoms with van der Waals surface area (Å²) in [4.78, 5) is 27.8. The zero-order valence-electron chi connectivity index (χ0n) is 15.0. The molecule has 1 aromatic carbocycles. The number of halogens is 2. The fraction of sp³-hybridized carbons (Fsp3) is 0.278. The van der Waals surface area contributed by atoms with E-state index >= 15 is 0 Å². The Morgan fingerprint density at radius 1 is 1.15 bits per heavy atom. The number of carbonyl (C=O) groups is 2. The Labute approximate surface area is 170 Å². The maximum absolute atomic E-state index is 12.0. The zero-order chi connectivity index (χ0) is 18.2. The van der Waals surface area contributed by atoms with E-state index in [0.29, 0.717) is 17.3 Å². The third kappa shape index (κ3) is 8.25. The van der Waals surface area contributed by atoms with Crippen molar-refractivity contribution in [3.05, 3.63) is 48.7 Å². The van der Waals surface area contributed by atoms with E-state index in [1.165, 1.54) is 0 Å². The highest BCUT2D eigenvalue weighted by Gasteiger charge is 2.17. The molecule has 0 bridgehead atoms. The monoisotopic (exact) mass is 414 g/mol. The molecule has 9 heteroatoms. The summed E-state index contributed by atoms with van der Waals surface area (Å²) in [6, 6.07) is 11.6. The Kier molecular flexibility index (Phi) is 11.1. The summed E-state index contributed by atoms with van der Waals surface area (Å²) in [7, 11) is 0. The minimum Gasteiger partial charge on any atom is -0.439 e. The van der Waals surface area contributed by atoms with Crippen LogP contribution in [0.3, 0.4) is 0 Å². The van der Waals surface area contributed by atoms with Crippen molar-refractivity contribution in [1.82, 2.24) is 10.3 Å². The molecule has 0 saturated heterocycles. The molecule has 0 unspecified atom stereocenters. The van der Waals surface area contributed by atoms with Crippen molar-refractivity contribution in [3.63, 3.8) is 0 Å². The number of pyridine rings is 1. The number of nitrogens with two attached hydrogens (primary N) is 1. The summed E-state index contributed by atoms with van der Waals surface area (Å²) >= 11 is 0. The van der Waals surface area contributed by atoms with Gasteiger partial charge in [0.15, 0.2) is 0 Å². The lowest BCUT2D eigenvalue weighted by Gasteiger charge is -2.15. The van der Waals surface area contributed by atoms with Crippen LogP contribution in [0.15, 0.2) is 48.7 Å². The van der Waals surface area contributed by atoms with Crippen LogP contribution in [-0.4, -0.2) is 29.4 Å². The number of nitrogens with zero attached hydrogens (tertiary/aromatic N) is 1. The molecule has 1 heterocycles. The molecule has 0 spiro atoms. The second kappa shape index (κ2) is 12.1. The highest BCUT2D eigenvalue weighted by molar-refractivity contribution is 5.95. The maximum atomic E-state index is 12.0. The summed E-state index contributed by atoms with van der Waals surface area (Å²) in [5.74, 6) is 0.309. The molecule has 1 atom stereocenters. The van der Waals surface area contributed by atoms with Gasteiger partial charge in [0.05, 0.1) is 12.6 Å². The molecule has 7 nitrogen and oxygen atoms in total. The Bertz CT molecular complexity index is 730. The van der Waals surface area contributed by atoms with Gasteiger partial charge in [-0.3, -0.25) is 9.59 Å². The number of aromatic nitrogens is 1. The lowest BCUT2D eigenvalue weighted by atomic mass is 10.1. The summed E-state index contributed by atoms with van der Waals surface area (Å²) in [5.41, 5.74) is 6.28. The second-order valence-electron chi connectivity index (χ2n) is 5.83. The molecule has 0 fully saturated rings. The van der Waals surface area contributed by atoms with E-state index in [1.54, 1.807) is 42.6 Å². The van der Waals surface area contributed by atoms with Gasteiger partial charge in [-0.1, -0.05) is 26.0 Å². The van der Waals surface area contributed by atoms with Gasteiger partial charge in [0, 0.05) is 24.0 Å². The maximum Gasteiger partial charge on any atom is 0.243 e. The van der Waals surface area contributed by atoms with Crippen LogP contribution in [0.4, 0.5) is 5.69 Å². The summed E-state index contributed by atoms with van der Waals surface area (Å²) in [5, 5.41) is 5.22. The molecule has 0 aliphatic heterocycles. The van der Waals surface area contributed by atoms with Crippen molar-refractivity contribution in [3.8, 4) is 11.6 Å². The summed E-state index contributed by atoms with van der Waals surface area (Å²) in [6.07, 6.45) is 1.63. The number of amides is 2. The number of ether oxygens (including phenoxy) is 1. The molecule has 0 aliphatic carbocycles. The van der Waals surface area contributed by atoms with Crippen LogP contribution in [0.5, 0.6) is 11.6 Å². The first-order valence-corrected chi connectivity index (χ1v) is 7.98. The number of hydrogen-bond acceptors (Lipinski definition) is 5. The molecule has 2 aromatic rings. The third-order valence-corrected chi connectivity index (χ3v) is 3.42. The van der Waals surface area contributed by atoms with Crippen molar-refractivity contribution in [1.29, 1.82) is 0 Å². The van der Waals surface area contributed by atoms with Crippen molar-refractivity contribution < 1.29 is 14.3 Å². The molecule has 0 radical (unpaired) electrons. The van der Waals surface area contributed by atoms with Crippen LogP contribution in [0.2, 0.25) is 0 Å². The highest BCUT2D eigenvalue weighted by Crippen LogP contribution is 2.22. The van der Waals surface area contributed by atoms with E-state index in [2.05, 4.69) is 15.6 Å². The largest absolute Gasteiger partial charge is 0.439 e. The first-order chi connectivity index (χ1) is 12.0. The SMILES string of the molecule is CC(C)[C@H](N)C(=O)NCC(=O)Nc1cccc(Oc2ccccn2)c1.Cl.Cl. The highest BCUT2D eigenvalue weighted by atomic mass is 35.5. The minimum atomic E-state index is -0.636. The molecule has 1 aromatic heterocycles. The van der Waals surface area contributed by atoms with Gasteiger partial charge in [0.1, 0.15) is 5.75 Å². The quantitative estimate of drug-likeness (QED) is 0.645. The van der Waals surface area contributed by atoms with Gasteiger partial charge in [-0.05, 0) is 24.1 Å². The normalized spacial score (nSPS) is 10.8.